The number of hydrogen-bond acceptors (Lipinski definition) is 6. The molecule has 0 aromatic rings. The Bertz CT molecular complexity index is 692. The van der Waals surface area contributed by atoms with E-state index >= 15 is 0 Å². The van der Waals surface area contributed by atoms with E-state index in [9.17, 15) is 24.3 Å². The van der Waals surface area contributed by atoms with E-state index in [-0.39, 0.29) is 12.3 Å². The van der Waals surface area contributed by atoms with Crippen molar-refractivity contribution in [3.05, 3.63) is 0 Å². The van der Waals surface area contributed by atoms with Crippen LogP contribution in [0.15, 0.2) is 0 Å². The Morgan fingerprint density at radius 2 is 1.23 bits per heavy atom. The zero-order valence-corrected chi connectivity index (χ0v) is 26.5. The van der Waals surface area contributed by atoms with E-state index < -0.39 is 29.9 Å². The molecule has 0 aliphatic carbocycles. The Labute approximate surface area is 248 Å². The summed E-state index contributed by atoms with van der Waals surface area (Å²) in [6.45, 7) is 5.17. The van der Waals surface area contributed by atoms with Gasteiger partial charge in [-0.3, -0.25) is 19.3 Å². The Balaban J connectivity index is 4.22. The lowest BCUT2D eigenvalue weighted by Gasteiger charge is -2.30. The van der Waals surface area contributed by atoms with Gasteiger partial charge in [0.05, 0.1) is 0 Å². The van der Waals surface area contributed by atoms with E-state index in [1.807, 2.05) is 0 Å². The lowest BCUT2D eigenvalue weighted by molar-refractivity contribution is -0.158. The third-order valence-electron chi connectivity index (χ3n) is 7.21. The average molecular weight is 586 g/mol. The van der Waals surface area contributed by atoms with Crippen LogP contribution in [0.5, 0.6) is 0 Å². The van der Waals surface area contributed by atoms with Gasteiger partial charge in [-0.25, -0.2) is 4.79 Å². The second kappa shape index (κ2) is 26.3. The summed E-state index contributed by atoms with van der Waals surface area (Å²) in [7, 11) is 0. The number of carboxylic acid groups (broad SMARTS) is 1. The van der Waals surface area contributed by atoms with Gasteiger partial charge in [0.2, 0.25) is 11.8 Å². The van der Waals surface area contributed by atoms with Crippen LogP contribution in [0.2, 0.25) is 0 Å². The minimum atomic E-state index is -1.27. The third-order valence-corrected chi connectivity index (χ3v) is 8.35. The van der Waals surface area contributed by atoms with E-state index in [0.29, 0.717) is 25.1 Å². The minimum absolute atomic E-state index is 0.136. The molecule has 0 aliphatic rings. The van der Waals surface area contributed by atoms with E-state index in [0.717, 1.165) is 23.5 Å². The molecule has 0 heterocycles. The van der Waals surface area contributed by atoms with Gasteiger partial charge >= 0.3 is 5.97 Å². The number of nitrogens with zero attached hydrogens (tertiary/aromatic N) is 1. The molecule has 9 heteroatoms. The first kappa shape index (κ1) is 38.4. The molecular weight excluding hydrogens is 526 g/mol. The van der Waals surface area contributed by atoms with Crippen molar-refractivity contribution in [1.29, 1.82) is 0 Å². The molecule has 0 saturated heterocycles. The minimum Gasteiger partial charge on any atom is -0.480 e. The van der Waals surface area contributed by atoms with Gasteiger partial charge in [0.15, 0.2) is 0 Å². The monoisotopic (exact) mass is 585 g/mol. The number of rotatable bonds is 27. The highest BCUT2D eigenvalue weighted by Crippen LogP contribution is 2.17. The maximum atomic E-state index is 13.2. The molecule has 0 saturated carbocycles. The standard InChI is InChI=1S/C31H59N3O5S/c1-4-5-6-7-8-9-10-11-12-13-14-15-16-17-18-21-24-40-25-28(33-26(2)35)30(37)34(27(3)36)29(31(38)39)22-19-20-23-32/h28-29H,4-25,32H2,1-3H3,(H,33,35)(H,38,39)/t28-,29-/m1/s1. The second-order valence-corrected chi connectivity index (χ2v) is 12.1. The molecule has 0 unspecified atom stereocenters. The number of unbranched alkanes of at least 4 members (excludes halogenated alkanes) is 16. The fraction of sp³-hybridized carbons (Fsp3) is 0.871. The maximum absolute atomic E-state index is 13.2. The first-order valence-corrected chi connectivity index (χ1v) is 17.0. The number of nitrogens with one attached hydrogen (secondary N) is 1. The smallest absolute Gasteiger partial charge is 0.326 e. The van der Waals surface area contributed by atoms with Crippen LogP contribution in [-0.4, -0.2) is 63.8 Å². The SMILES string of the molecule is CCCCCCCCCCCCCCCCCCSC[C@@H](NC(C)=O)C(=O)N(C(C)=O)[C@H](CCCCN)C(=O)O. The number of aliphatic carboxylic acids is 1. The number of carbonyl (C=O) groups is 4. The molecule has 0 radical (unpaired) electrons. The number of amides is 3. The van der Waals surface area contributed by atoms with Gasteiger partial charge in [0.25, 0.3) is 5.91 Å². The van der Waals surface area contributed by atoms with Crippen molar-refractivity contribution < 1.29 is 24.3 Å². The van der Waals surface area contributed by atoms with Crippen LogP contribution in [-0.2, 0) is 19.2 Å². The predicted molar refractivity (Wildman–Crippen MR) is 166 cm³/mol. The van der Waals surface area contributed by atoms with E-state index in [2.05, 4.69) is 12.2 Å². The number of carboxylic acids is 1. The topological polar surface area (TPSA) is 130 Å². The zero-order chi connectivity index (χ0) is 30.0. The Hall–Kier alpha value is -1.61. The van der Waals surface area contributed by atoms with Crippen molar-refractivity contribution in [1.82, 2.24) is 10.2 Å². The van der Waals surface area contributed by atoms with Crippen LogP contribution in [0, 0.1) is 0 Å². The molecule has 0 bridgehead atoms. The lowest BCUT2D eigenvalue weighted by atomic mass is 10.0. The van der Waals surface area contributed by atoms with Crippen LogP contribution < -0.4 is 11.1 Å². The normalized spacial score (nSPS) is 12.6. The Morgan fingerprint density at radius 1 is 0.750 bits per heavy atom. The molecule has 40 heavy (non-hydrogen) atoms. The highest BCUT2D eigenvalue weighted by molar-refractivity contribution is 7.99. The van der Waals surface area contributed by atoms with Crippen molar-refractivity contribution in [2.24, 2.45) is 5.73 Å². The highest BCUT2D eigenvalue weighted by atomic mass is 32.2. The molecule has 0 spiro atoms. The predicted octanol–water partition coefficient (Wildman–Crippen LogP) is 6.44. The number of imide groups is 1. The number of nitrogens with two attached hydrogens (primary N) is 1. The van der Waals surface area contributed by atoms with Gasteiger partial charge in [0.1, 0.15) is 12.1 Å². The van der Waals surface area contributed by atoms with Crippen molar-refractivity contribution in [3.8, 4) is 0 Å². The van der Waals surface area contributed by atoms with Crippen molar-refractivity contribution >= 4 is 35.5 Å². The second-order valence-electron chi connectivity index (χ2n) is 11.0. The quantitative estimate of drug-likeness (QED) is 0.0945. The van der Waals surface area contributed by atoms with Crippen molar-refractivity contribution in [2.45, 2.75) is 155 Å². The van der Waals surface area contributed by atoms with Gasteiger partial charge in [0, 0.05) is 19.6 Å². The fourth-order valence-electron chi connectivity index (χ4n) is 4.91. The molecule has 2 atom stereocenters. The first-order chi connectivity index (χ1) is 19.3. The summed E-state index contributed by atoms with van der Waals surface area (Å²) in [5.41, 5.74) is 5.50. The first-order valence-electron chi connectivity index (χ1n) is 15.9. The number of carbonyl (C=O) groups excluding carboxylic acids is 3. The summed E-state index contributed by atoms with van der Waals surface area (Å²) < 4.78 is 0. The highest BCUT2D eigenvalue weighted by Gasteiger charge is 2.36. The average Bonchev–Trinajstić information content (AvgIpc) is 2.90. The van der Waals surface area contributed by atoms with E-state index in [1.165, 1.54) is 104 Å². The summed E-state index contributed by atoms with van der Waals surface area (Å²) in [4.78, 5) is 49.9. The van der Waals surface area contributed by atoms with Gasteiger partial charge in [-0.2, -0.15) is 11.8 Å². The summed E-state index contributed by atoms with van der Waals surface area (Å²) in [5, 5.41) is 12.3. The van der Waals surface area contributed by atoms with Gasteiger partial charge < -0.3 is 16.2 Å². The maximum Gasteiger partial charge on any atom is 0.326 e. The van der Waals surface area contributed by atoms with Crippen LogP contribution in [0.4, 0.5) is 0 Å². The summed E-state index contributed by atoms with van der Waals surface area (Å²) in [5.74, 6) is -1.77. The molecule has 0 aromatic carbocycles. The van der Waals surface area contributed by atoms with Crippen molar-refractivity contribution in [3.63, 3.8) is 0 Å². The zero-order valence-electron chi connectivity index (χ0n) is 25.7. The van der Waals surface area contributed by atoms with E-state index in [1.54, 1.807) is 11.8 Å². The molecule has 0 aromatic heterocycles. The molecule has 4 N–H and O–H groups in total. The molecule has 0 fully saturated rings. The van der Waals surface area contributed by atoms with Crippen LogP contribution in [0.25, 0.3) is 0 Å². The van der Waals surface area contributed by atoms with E-state index in [4.69, 9.17) is 5.73 Å². The van der Waals surface area contributed by atoms with Crippen LogP contribution in [0.3, 0.4) is 0 Å². The molecule has 0 aliphatic heterocycles. The van der Waals surface area contributed by atoms with Crippen LogP contribution in [0.1, 0.15) is 143 Å². The third kappa shape index (κ3) is 20.3. The Morgan fingerprint density at radius 3 is 1.62 bits per heavy atom. The number of thioether (sulfide) groups is 1. The lowest BCUT2D eigenvalue weighted by Crippen LogP contribution is -2.56. The molecule has 0 rings (SSSR count). The molecular formula is C31H59N3O5S. The molecule has 8 nitrogen and oxygen atoms in total. The van der Waals surface area contributed by atoms with Gasteiger partial charge in [-0.05, 0) is 38.0 Å². The van der Waals surface area contributed by atoms with Gasteiger partial charge in [-0.15, -0.1) is 0 Å². The summed E-state index contributed by atoms with van der Waals surface area (Å²) in [6, 6.07) is -2.21. The number of hydrogen-bond donors (Lipinski definition) is 3. The summed E-state index contributed by atoms with van der Waals surface area (Å²) >= 11 is 1.55. The molecule has 234 valence electrons. The van der Waals surface area contributed by atoms with Gasteiger partial charge in [-0.1, -0.05) is 103 Å². The van der Waals surface area contributed by atoms with Crippen LogP contribution >= 0.6 is 11.8 Å². The molecule has 3 amide bonds. The van der Waals surface area contributed by atoms with Crippen molar-refractivity contribution in [2.75, 3.05) is 18.1 Å². The largest absolute Gasteiger partial charge is 0.480 e. The fourth-order valence-corrected chi connectivity index (χ4v) is 5.95. The summed E-state index contributed by atoms with van der Waals surface area (Å²) in [6.07, 6.45) is 22.2. The Kier molecular flexibility index (Phi) is 25.2.